The van der Waals surface area contributed by atoms with Crippen LogP contribution in [0.25, 0.3) is 5.69 Å². The van der Waals surface area contributed by atoms with E-state index in [-0.39, 0.29) is 29.8 Å². The first-order chi connectivity index (χ1) is 11.4. The number of hydrogen-bond acceptors (Lipinski definition) is 3. The lowest BCUT2D eigenvalue weighted by Gasteiger charge is -2.19. The van der Waals surface area contributed by atoms with Gasteiger partial charge in [0.2, 0.25) is 0 Å². The topological polar surface area (TPSA) is 88.3 Å². The van der Waals surface area contributed by atoms with Gasteiger partial charge in [-0.15, -0.1) is 0 Å². The van der Waals surface area contributed by atoms with Crippen LogP contribution >= 0.6 is 0 Å². The molecule has 0 spiro atoms. The molecule has 1 heterocycles. The molecule has 1 aromatic carbocycles. The van der Waals surface area contributed by atoms with Crippen LogP contribution < -0.4 is 16.2 Å². The maximum Gasteiger partial charge on any atom is 0.319 e. The third-order valence-corrected chi connectivity index (χ3v) is 4.29. The molecule has 2 atom stereocenters. The molecule has 130 valence electrons. The first kappa shape index (κ1) is 17.8. The fourth-order valence-corrected chi connectivity index (χ4v) is 2.37. The molecule has 0 aliphatic rings. The van der Waals surface area contributed by atoms with Crippen molar-refractivity contribution in [2.24, 2.45) is 13.0 Å². The minimum Gasteiger partial charge on any atom is -0.396 e. The Morgan fingerprint density at radius 2 is 1.88 bits per heavy atom. The molecule has 24 heavy (non-hydrogen) atoms. The van der Waals surface area contributed by atoms with Crippen molar-refractivity contribution in [3.05, 3.63) is 46.4 Å². The molecule has 2 aromatic rings. The third-order valence-electron chi connectivity index (χ3n) is 4.29. The van der Waals surface area contributed by atoms with Gasteiger partial charge in [0.05, 0.1) is 11.4 Å². The highest BCUT2D eigenvalue weighted by molar-refractivity contribution is 5.89. The number of rotatable bonds is 5. The van der Waals surface area contributed by atoms with Gasteiger partial charge in [-0.25, -0.2) is 9.48 Å². The quantitative estimate of drug-likeness (QED) is 0.777. The second kappa shape index (κ2) is 7.35. The van der Waals surface area contributed by atoms with Crippen molar-refractivity contribution in [1.82, 2.24) is 14.7 Å². The van der Waals surface area contributed by atoms with E-state index in [4.69, 9.17) is 5.11 Å². The lowest BCUT2D eigenvalue weighted by Crippen LogP contribution is -2.41. The summed E-state index contributed by atoms with van der Waals surface area (Å²) < 4.78 is 3.21. The van der Waals surface area contributed by atoms with Crippen LogP contribution in [0.3, 0.4) is 0 Å². The highest BCUT2D eigenvalue weighted by Gasteiger charge is 2.20. The highest BCUT2D eigenvalue weighted by atomic mass is 16.3. The minimum absolute atomic E-state index is 0.0212. The molecule has 0 aliphatic heterocycles. The third kappa shape index (κ3) is 3.51. The van der Waals surface area contributed by atoms with Crippen LogP contribution in [0.1, 0.15) is 19.5 Å². The summed E-state index contributed by atoms with van der Waals surface area (Å²) in [6.45, 7) is 5.39. The van der Waals surface area contributed by atoms with Crippen molar-refractivity contribution in [2.75, 3.05) is 11.9 Å². The summed E-state index contributed by atoms with van der Waals surface area (Å²) in [5, 5.41) is 14.5. The molecular formula is C17H24N4O3. The minimum atomic E-state index is -0.464. The summed E-state index contributed by atoms with van der Waals surface area (Å²) in [4.78, 5) is 24.8. The van der Waals surface area contributed by atoms with Gasteiger partial charge in [0, 0.05) is 19.7 Å². The molecule has 0 aliphatic carbocycles. The van der Waals surface area contributed by atoms with Gasteiger partial charge in [-0.1, -0.05) is 25.1 Å². The van der Waals surface area contributed by atoms with E-state index >= 15 is 0 Å². The monoisotopic (exact) mass is 332 g/mol. The number of aromatic nitrogens is 2. The Kier molecular flexibility index (Phi) is 5.46. The molecule has 2 amide bonds. The molecular weight excluding hydrogens is 308 g/mol. The Morgan fingerprint density at radius 1 is 1.25 bits per heavy atom. The average Bonchev–Trinajstić information content (AvgIpc) is 2.78. The van der Waals surface area contributed by atoms with Crippen molar-refractivity contribution in [1.29, 1.82) is 0 Å². The smallest absolute Gasteiger partial charge is 0.319 e. The molecule has 0 bridgehead atoms. The van der Waals surface area contributed by atoms with Crippen molar-refractivity contribution >= 4 is 11.7 Å². The van der Waals surface area contributed by atoms with E-state index in [1.807, 2.05) is 37.3 Å². The molecule has 0 saturated carbocycles. The van der Waals surface area contributed by atoms with Gasteiger partial charge in [0.1, 0.15) is 5.69 Å². The molecule has 1 aromatic heterocycles. The normalized spacial score (nSPS) is 13.4. The van der Waals surface area contributed by atoms with E-state index in [1.165, 1.54) is 4.68 Å². The maximum atomic E-state index is 12.7. The number of anilines is 1. The second-order valence-electron chi connectivity index (χ2n) is 5.98. The summed E-state index contributed by atoms with van der Waals surface area (Å²) in [5.74, 6) is -0.0754. The largest absolute Gasteiger partial charge is 0.396 e. The molecule has 7 heteroatoms. The average molecular weight is 332 g/mol. The zero-order valence-corrected chi connectivity index (χ0v) is 14.4. The van der Waals surface area contributed by atoms with Crippen LogP contribution in [-0.2, 0) is 7.05 Å². The van der Waals surface area contributed by atoms with Gasteiger partial charge in [-0.2, -0.15) is 0 Å². The number of aliphatic hydroxyl groups excluding tert-OH is 1. The Morgan fingerprint density at radius 3 is 2.46 bits per heavy atom. The molecule has 0 saturated heterocycles. The van der Waals surface area contributed by atoms with Crippen LogP contribution in [0.4, 0.5) is 10.5 Å². The van der Waals surface area contributed by atoms with Crippen LogP contribution in [0.15, 0.2) is 35.1 Å². The number of urea groups is 1. The number of nitrogens with one attached hydrogen (secondary N) is 2. The number of para-hydroxylation sites is 1. The predicted octanol–water partition coefficient (Wildman–Crippen LogP) is 1.62. The number of aliphatic hydroxyl groups is 1. The first-order valence-corrected chi connectivity index (χ1v) is 7.89. The Balaban J connectivity index is 2.27. The van der Waals surface area contributed by atoms with Crippen molar-refractivity contribution in [3.63, 3.8) is 0 Å². The van der Waals surface area contributed by atoms with Gasteiger partial charge in [0.25, 0.3) is 5.56 Å². The molecule has 0 radical (unpaired) electrons. The SMILES string of the molecule is Cc1c(NC(=O)NC(C)C(C)CO)c(=O)n(-c2ccccc2)n1C. The molecule has 7 nitrogen and oxygen atoms in total. The van der Waals surface area contributed by atoms with Gasteiger partial charge in [-0.3, -0.25) is 9.48 Å². The van der Waals surface area contributed by atoms with Gasteiger partial charge in [0.15, 0.2) is 0 Å². The predicted molar refractivity (Wildman–Crippen MR) is 93.6 cm³/mol. The molecule has 0 fully saturated rings. The van der Waals surface area contributed by atoms with Gasteiger partial charge in [-0.05, 0) is 31.9 Å². The molecule has 3 N–H and O–H groups in total. The summed E-state index contributed by atoms with van der Waals surface area (Å²) in [5.41, 5.74) is 1.33. The summed E-state index contributed by atoms with van der Waals surface area (Å²) in [7, 11) is 1.77. The van der Waals surface area contributed by atoms with E-state index in [0.717, 1.165) is 5.69 Å². The number of nitrogens with zero attached hydrogens (tertiary/aromatic N) is 2. The van der Waals surface area contributed by atoms with Gasteiger partial charge < -0.3 is 15.7 Å². The van der Waals surface area contributed by atoms with E-state index in [9.17, 15) is 9.59 Å². The van der Waals surface area contributed by atoms with E-state index in [2.05, 4.69) is 10.6 Å². The van der Waals surface area contributed by atoms with Crippen LogP contribution in [0, 0.1) is 12.8 Å². The Labute approximate surface area is 140 Å². The number of carbonyl (C=O) groups is 1. The van der Waals surface area contributed by atoms with Crippen LogP contribution in [0.2, 0.25) is 0 Å². The fraction of sp³-hybridized carbons (Fsp3) is 0.412. The summed E-state index contributed by atoms with van der Waals surface area (Å²) >= 11 is 0. The van der Waals surface area contributed by atoms with Gasteiger partial charge >= 0.3 is 6.03 Å². The Bertz CT molecular complexity index is 764. The van der Waals surface area contributed by atoms with E-state index < -0.39 is 6.03 Å². The molecule has 2 rings (SSSR count). The molecule has 2 unspecified atom stereocenters. The number of carbonyl (C=O) groups excluding carboxylic acids is 1. The Hall–Kier alpha value is -2.54. The van der Waals surface area contributed by atoms with Crippen molar-refractivity contribution in [2.45, 2.75) is 26.8 Å². The summed E-state index contributed by atoms with van der Waals surface area (Å²) in [6, 6.07) is 8.56. The van der Waals surface area contributed by atoms with Crippen LogP contribution in [0.5, 0.6) is 0 Å². The zero-order valence-electron chi connectivity index (χ0n) is 14.4. The number of amides is 2. The van der Waals surface area contributed by atoms with Crippen molar-refractivity contribution in [3.8, 4) is 5.69 Å². The highest BCUT2D eigenvalue weighted by Crippen LogP contribution is 2.14. The van der Waals surface area contributed by atoms with E-state index in [1.54, 1.807) is 25.6 Å². The lowest BCUT2D eigenvalue weighted by atomic mass is 10.1. The summed E-state index contributed by atoms with van der Waals surface area (Å²) in [6.07, 6.45) is 0. The second-order valence-corrected chi connectivity index (χ2v) is 5.98. The standard InChI is InChI=1S/C17H24N4O3/c1-11(10-22)12(2)18-17(24)19-15-13(3)20(4)21(16(15)23)14-8-6-5-7-9-14/h5-9,11-12,22H,10H2,1-4H3,(H2,18,19,24). The maximum absolute atomic E-state index is 12.7. The number of hydrogen-bond donors (Lipinski definition) is 3. The van der Waals surface area contributed by atoms with E-state index in [0.29, 0.717) is 5.69 Å². The lowest BCUT2D eigenvalue weighted by molar-refractivity contribution is 0.204. The van der Waals surface area contributed by atoms with Crippen molar-refractivity contribution < 1.29 is 9.90 Å². The fourth-order valence-electron chi connectivity index (χ4n) is 2.37. The first-order valence-electron chi connectivity index (χ1n) is 7.89. The zero-order chi connectivity index (χ0) is 17.9. The van der Waals surface area contributed by atoms with Crippen LogP contribution in [-0.4, -0.2) is 33.1 Å². The number of benzene rings is 1.